The van der Waals surface area contributed by atoms with Gasteiger partial charge in [-0.3, -0.25) is 4.79 Å². The average molecular weight is 631 g/mol. The molecule has 1 fully saturated rings. The van der Waals surface area contributed by atoms with E-state index >= 15 is 0 Å². The van der Waals surface area contributed by atoms with E-state index in [0.717, 1.165) is 18.5 Å². The van der Waals surface area contributed by atoms with E-state index in [-0.39, 0.29) is 5.91 Å². The van der Waals surface area contributed by atoms with Gasteiger partial charge in [0.2, 0.25) is 0 Å². The van der Waals surface area contributed by atoms with Gasteiger partial charge in [0, 0.05) is 0 Å². The molecule has 1 amide bonds. The van der Waals surface area contributed by atoms with Crippen LogP contribution in [0.25, 0.3) is 6.08 Å². The molecule has 3 rings (SSSR count). The number of hydrogen-bond donors (Lipinski definition) is 1. The van der Waals surface area contributed by atoms with Crippen LogP contribution in [0, 0.1) is 7.14 Å². The smallest absolute Gasteiger partial charge is 0.264 e. The highest BCUT2D eigenvalue weighted by atomic mass is 127. The lowest BCUT2D eigenvalue weighted by Crippen LogP contribution is -2.19. The number of nitrogens with one attached hydrogen (secondary N) is 1. The zero-order valence-corrected chi connectivity index (χ0v) is 19.8. The maximum absolute atomic E-state index is 12.3. The molecule has 2 aromatic carbocycles. The number of carbonyl (C=O) groups excluding carboxylic acids is 1. The van der Waals surface area contributed by atoms with Gasteiger partial charge in [0.15, 0.2) is 5.17 Å². The van der Waals surface area contributed by atoms with Crippen molar-refractivity contribution in [3.63, 3.8) is 0 Å². The monoisotopic (exact) mass is 630 g/mol. The highest BCUT2D eigenvalue weighted by molar-refractivity contribution is 14.1. The number of hydrogen-bond acceptors (Lipinski definition) is 4. The molecule has 26 heavy (non-hydrogen) atoms. The predicted molar refractivity (Wildman–Crippen MR) is 126 cm³/mol. The lowest BCUT2D eigenvalue weighted by molar-refractivity contribution is -0.115. The molecule has 4 nitrogen and oxygen atoms in total. The lowest BCUT2D eigenvalue weighted by Gasteiger charge is -2.07. The normalized spacial score (nSPS) is 17.0. The number of halogens is 4. The summed E-state index contributed by atoms with van der Waals surface area (Å²) >= 11 is 17.8. The van der Waals surface area contributed by atoms with E-state index in [1.807, 2.05) is 18.2 Å². The molecule has 134 valence electrons. The van der Waals surface area contributed by atoms with Crippen molar-refractivity contribution in [3.8, 4) is 5.75 Å². The molecule has 2 aromatic rings. The Kier molecular flexibility index (Phi) is 6.76. The van der Waals surface area contributed by atoms with Crippen LogP contribution < -0.4 is 10.1 Å². The molecule has 0 spiro atoms. The number of amides is 1. The number of carbonyl (C=O) groups is 1. The van der Waals surface area contributed by atoms with E-state index in [0.29, 0.717) is 25.8 Å². The average Bonchev–Trinajstić information content (AvgIpc) is 2.91. The van der Waals surface area contributed by atoms with Crippen LogP contribution in [0.4, 0.5) is 5.69 Å². The summed E-state index contributed by atoms with van der Waals surface area (Å²) in [7, 11) is 1.64. The number of ether oxygens (including phenoxy) is 1. The van der Waals surface area contributed by atoms with Gasteiger partial charge in [-0.05, 0) is 92.8 Å². The Morgan fingerprint density at radius 1 is 1.23 bits per heavy atom. The topological polar surface area (TPSA) is 50.7 Å². The van der Waals surface area contributed by atoms with Crippen LogP contribution in [0.5, 0.6) is 5.75 Å². The van der Waals surface area contributed by atoms with Crippen molar-refractivity contribution in [1.82, 2.24) is 5.32 Å². The first-order valence-electron chi connectivity index (χ1n) is 7.15. The minimum Gasteiger partial charge on any atom is -0.495 e. The number of benzene rings is 2. The molecule has 1 aliphatic rings. The second kappa shape index (κ2) is 8.68. The third kappa shape index (κ3) is 4.49. The van der Waals surface area contributed by atoms with Crippen molar-refractivity contribution >= 4 is 103 Å². The number of thioether (sulfide) groups is 1. The number of amidine groups is 1. The summed E-state index contributed by atoms with van der Waals surface area (Å²) < 4.78 is 7.32. The standard InChI is InChI=1S/C17H10Cl2I2N2O2S/c1-25-15-10(20)5-8(6-11(15)21)7-13-16(24)23-17(26-13)22-12-4-2-3-9(18)14(12)19/h2-7H,1H3,(H,22,23,24)/b13-7+. The van der Waals surface area contributed by atoms with Crippen LogP contribution in [0.1, 0.15) is 5.56 Å². The highest BCUT2D eigenvalue weighted by Crippen LogP contribution is 2.35. The molecule has 0 aliphatic carbocycles. The highest BCUT2D eigenvalue weighted by Gasteiger charge is 2.24. The molecule has 1 saturated heterocycles. The number of nitrogens with zero attached hydrogens (tertiary/aromatic N) is 1. The predicted octanol–water partition coefficient (Wildman–Crippen LogP) is 6.10. The summed E-state index contributed by atoms with van der Waals surface area (Å²) in [4.78, 5) is 17.2. The number of methoxy groups -OCH3 is 1. The molecule has 0 atom stereocenters. The Bertz CT molecular complexity index is 941. The fourth-order valence-corrected chi connectivity index (χ4v) is 5.61. The Balaban J connectivity index is 1.89. The number of rotatable bonds is 3. The lowest BCUT2D eigenvalue weighted by atomic mass is 10.2. The van der Waals surface area contributed by atoms with Crippen LogP contribution in [-0.2, 0) is 4.79 Å². The first kappa shape index (κ1) is 20.2. The molecule has 1 heterocycles. The Labute approximate surface area is 192 Å². The van der Waals surface area contributed by atoms with Crippen molar-refractivity contribution in [3.05, 3.63) is 58.0 Å². The molecule has 0 radical (unpaired) electrons. The second-order valence-electron chi connectivity index (χ2n) is 5.07. The molecule has 0 bridgehead atoms. The van der Waals surface area contributed by atoms with E-state index in [4.69, 9.17) is 27.9 Å². The van der Waals surface area contributed by atoms with Gasteiger partial charge in [-0.15, -0.1) is 0 Å². The van der Waals surface area contributed by atoms with Gasteiger partial charge >= 0.3 is 0 Å². The maximum Gasteiger partial charge on any atom is 0.264 e. The first-order chi connectivity index (χ1) is 12.4. The molecule has 0 unspecified atom stereocenters. The zero-order chi connectivity index (χ0) is 18.8. The van der Waals surface area contributed by atoms with E-state index in [2.05, 4.69) is 55.5 Å². The van der Waals surface area contributed by atoms with Gasteiger partial charge in [-0.25, -0.2) is 4.99 Å². The van der Waals surface area contributed by atoms with Gasteiger partial charge < -0.3 is 10.1 Å². The first-order valence-corrected chi connectivity index (χ1v) is 10.9. The Hall–Kier alpha value is -0.490. The largest absolute Gasteiger partial charge is 0.495 e. The van der Waals surface area contributed by atoms with Crippen molar-refractivity contribution in [2.24, 2.45) is 4.99 Å². The molecular weight excluding hydrogens is 621 g/mol. The van der Waals surface area contributed by atoms with Gasteiger partial charge in [0.25, 0.3) is 5.91 Å². The Morgan fingerprint density at radius 2 is 1.92 bits per heavy atom. The van der Waals surface area contributed by atoms with E-state index in [9.17, 15) is 4.79 Å². The van der Waals surface area contributed by atoms with Gasteiger partial charge in [-0.1, -0.05) is 29.3 Å². The van der Waals surface area contributed by atoms with Crippen molar-refractivity contribution in [2.45, 2.75) is 0 Å². The maximum atomic E-state index is 12.3. The van der Waals surface area contributed by atoms with E-state index < -0.39 is 0 Å². The third-order valence-electron chi connectivity index (χ3n) is 3.33. The molecule has 9 heteroatoms. The quantitative estimate of drug-likeness (QED) is 0.329. The SMILES string of the molecule is COc1c(I)cc(/C=C2/SC(=Nc3cccc(Cl)c3Cl)NC2=O)cc1I. The summed E-state index contributed by atoms with van der Waals surface area (Å²) in [5, 5.41) is 3.98. The van der Waals surface area contributed by atoms with Crippen LogP contribution in [0.2, 0.25) is 10.0 Å². The zero-order valence-electron chi connectivity index (χ0n) is 13.1. The van der Waals surface area contributed by atoms with E-state index in [1.54, 1.807) is 25.3 Å². The second-order valence-corrected chi connectivity index (χ2v) is 9.21. The van der Waals surface area contributed by atoms with E-state index in [1.165, 1.54) is 11.8 Å². The van der Waals surface area contributed by atoms with Crippen molar-refractivity contribution in [2.75, 3.05) is 7.11 Å². The van der Waals surface area contributed by atoms with Crippen LogP contribution in [-0.4, -0.2) is 18.2 Å². The fraction of sp³-hybridized carbons (Fsp3) is 0.0588. The summed E-state index contributed by atoms with van der Waals surface area (Å²) in [5.41, 5.74) is 1.43. The molecule has 0 saturated carbocycles. The minimum absolute atomic E-state index is 0.201. The van der Waals surface area contributed by atoms with Crippen LogP contribution >= 0.6 is 80.1 Å². The molecule has 1 aliphatic heterocycles. The van der Waals surface area contributed by atoms with Gasteiger partial charge in [0.1, 0.15) is 5.75 Å². The van der Waals surface area contributed by atoms with Gasteiger partial charge in [-0.2, -0.15) is 0 Å². The van der Waals surface area contributed by atoms with Crippen molar-refractivity contribution < 1.29 is 9.53 Å². The van der Waals surface area contributed by atoms with Crippen LogP contribution in [0.15, 0.2) is 40.2 Å². The molecule has 0 aromatic heterocycles. The minimum atomic E-state index is -0.201. The summed E-state index contributed by atoms with van der Waals surface area (Å²) in [6.45, 7) is 0. The summed E-state index contributed by atoms with van der Waals surface area (Å²) in [6, 6.07) is 9.11. The number of aliphatic imine (C=N–C) groups is 1. The van der Waals surface area contributed by atoms with Crippen LogP contribution in [0.3, 0.4) is 0 Å². The van der Waals surface area contributed by atoms with Gasteiger partial charge in [0.05, 0.1) is 34.9 Å². The molecular formula is C17H10Cl2I2N2O2S. The molecule has 1 N–H and O–H groups in total. The Morgan fingerprint density at radius 3 is 2.58 bits per heavy atom. The van der Waals surface area contributed by atoms with Crippen molar-refractivity contribution in [1.29, 1.82) is 0 Å². The fourth-order valence-electron chi connectivity index (χ4n) is 2.18. The third-order valence-corrected chi connectivity index (χ3v) is 6.65. The summed E-state index contributed by atoms with van der Waals surface area (Å²) in [5.74, 6) is 0.627. The summed E-state index contributed by atoms with van der Waals surface area (Å²) in [6.07, 6.45) is 1.83.